The van der Waals surface area contributed by atoms with Crippen LogP contribution in [0.1, 0.15) is 16.1 Å². The summed E-state index contributed by atoms with van der Waals surface area (Å²) in [6.07, 6.45) is 0.551. The summed E-state index contributed by atoms with van der Waals surface area (Å²) >= 11 is 1.57. The summed E-state index contributed by atoms with van der Waals surface area (Å²) in [7, 11) is -3.64. The molecule has 26 heavy (non-hydrogen) atoms. The van der Waals surface area contributed by atoms with Crippen LogP contribution in [-0.4, -0.2) is 19.9 Å². The number of nitrogens with zero attached hydrogens (tertiary/aromatic N) is 1. The Morgan fingerprint density at radius 1 is 1.04 bits per heavy atom. The average molecular weight is 391 g/mol. The van der Waals surface area contributed by atoms with Crippen LogP contribution >= 0.6 is 11.3 Å². The minimum absolute atomic E-state index is 0.0558. The van der Waals surface area contributed by atoms with Crippen LogP contribution in [0, 0.1) is 19.7 Å². The number of thiazole rings is 1. The Labute approximate surface area is 156 Å². The highest BCUT2D eigenvalue weighted by molar-refractivity contribution is 7.89. The Morgan fingerprint density at radius 3 is 2.35 bits per heavy atom. The van der Waals surface area contributed by atoms with Gasteiger partial charge in [-0.2, -0.15) is 0 Å². The lowest BCUT2D eigenvalue weighted by molar-refractivity contribution is 0.581. The maximum atomic E-state index is 12.9. The van der Waals surface area contributed by atoms with Gasteiger partial charge in [0, 0.05) is 17.0 Å². The normalized spacial score (nSPS) is 11.7. The van der Waals surface area contributed by atoms with Crippen LogP contribution in [0.4, 0.5) is 4.39 Å². The highest BCUT2D eigenvalue weighted by atomic mass is 32.2. The van der Waals surface area contributed by atoms with E-state index in [1.807, 2.05) is 38.1 Å². The smallest absolute Gasteiger partial charge is 0.240 e. The van der Waals surface area contributed by atoms with Crippen LogP contribution in [-0.2, 0) is 16.4 Å². The molecule has 0 fully saturated rings. The number of aromatic nitrogens is 1. The molecule has 1 aromatic heterocycles. The molecule has 0 aliphatic heterocycles. The first-order valence-corrected chi connectivity index (χ1v) is 10.4. The van der Waals surface area contributed by atoms with Gasteiger partial charge in [-0.1, -0.05) is 29.8 Å². The second-order valence-corrected chi connectivity index (χ2v) is 8.85. The van der Waals surface area contributed by atoms with Crippen LogP contribution in [0.25, 0.3) is 10.6 Å². The first-order chi connectivity index (χ1) is 12.3. The van der Waals surface area contributed by atoms with Crippen molar-refractivity contribution in [2.75, 3.05) is 6.54 Å². The number of nitrogens with one attached hydrogen (secondary N) is 1. The van der Waals surface area contributed by atoms with E-state index in [0.29, 0.717) is 6.42 Å². The van der Waals surface area contributed by atoms with E-state index in [1.54, 1.807) is 11.3 Å². The topological polar surface area (TPSA) is 59.1 Å². The highest BCUT2D eigenvalue weighted by Crippen LogP contribution is 2.28. The molecule has 3 aromatic rings. The van der Waals surface area contributed by atoms with Crippen molar-refractivity contribution in [1.29, 1.82) is 0 Å². The standard InChI is InChI=1S/C19H19FN2O2S2/c1-13-3-5-15(6-4-13)19-22-14(2)18(25-19)11-12-21-26(23,24)17-9-7-16(20)8-10-17/h3-10,21H,11-12H2,1-2H3. The van der Waals surface area contributed by atoms with E-state index in [2.05, 4.69) is 9.71 Å². The number of halogens is 1. The van der Waals surface area contributed by atoms with Gasteiger partial charge >= 0.3 is 0 Å². The molecule has 0 amide bonds. The third-order valence-electron chi connectivity index (χ3n) is 3.96. The van der Waals surface area contributed by atoms with Gasteiger partial charge in [0.05, 0.1) is 10.6 Å². The summed E-state index contributed by atoms with van der Waals surface area (Å²) in [6.45, 7) is 4.23. The zero-order valence-corrected chi connectivity index (χ0v) is 16.1. The Morgan fingerprint density at radius 2 is 1.69 bits per heavy atom. The monoisotopic (exact) mass is 390 g/mol. The number of hydrogen-bond acceptors (Lipinski definition) is 4. The molecule has 0 radical (unpaired) electrons. The summed E-state index contributed by atoms with van der Waals surface area (Å²) in [6, 6.07) is 12.9. The van der Waals surface area contributed by atoms with Crippen molar-refractivity contribution in [3.05, 3.63) is 70.5 Å². The van der Waals surface area contributed by atoms with Crippen molar-refractivity contribution in [1.82, 2.24) is 9.71 Å². The molecule has 0 atom stereocenters. The van der Waals surface area contributed by atoms with E-state index in [-0.39, 0.29) is 11.4 Å². The van der Waals surface area contributed by atoms with Gasteiger partial charge in [-0.3, -0.25) is 0 Å². The molecule has 0 saturated heterocycles. The zero-order valence-electron chi connectivity index (χ0n) is 14.5. The largest absolute Gasteiger partial charge is 0.241 e. The summed E-state index contributed by atoms with van der Waals surface area (Å²) in [5, 5.41) is 0.930. The molecule has 0 aliphatic carbocycles. The van der Waals surface area contributed by atoms with Gasteiger partial charge in [-0.05, 0) is 44.5 Å². The molecule has 0 saturated carbocycles. The third kappa shape index (κ3) is 4.35. The minimum atomic E-state index is -3.64. The number of benzene rings is 2. The molecule has 3 rings (SSSR count). The van der Waals surface area contributed by atoms with Crippen LogP contribution in [0.2, 0.25) is 0 Å². The van der Waals surface area contributed by atoms with Gasteiger partial charge in [0.1, 0.15) is 10.8 Å². The van der Waals surface area contributed by atoms with E-state index in [9.17, 15) is 12.8 Å². The molecule has 0 aliphatic rings. The highest BCUT2D eigenvalue weighted by Gasteiger charge is 2.15. The molecular formula is C19H19FN2O2S2. The van der Waals surface area contributed by atoms with Crippen molar-refractivity contribution < 1.29 is 12.8 Å². The van der Waals surface area contributed by atoms with Gasteiger partial charge in [0.2, 0.25) is 10.0 Å². The van der Waals surface area contributed by atoms with E-state index >= 15 is 0 Å². The van der Waals surface area contributed by atoms with E-state index in [4.69, 9.17) is 0 Å². The number of sulfonamides is 1. The van der Waals surface area contributed by atoms with Crippen molar-refractivity contribution in [3.8, 4) is 10.6 Å². The van der Waals surface area contributed by atoms with E-state index < -0.39 is 15.8 Å². The summed E-state index contributed by atoms with van der Waals surface area (Å²) in [4.78, 5) is 5.69. The molecule has 1 N–H and O–H groups in total. The Hall–Kier alpha value is -2.09. The molecule has 136 valence electrons. The molecular weight excluding hydrogens is 371 g/mol. The quantitative estimate of drug-likeness (QED) is 0.690. The van der Waals surface area contributed by atoms with E-state index in [0.717, 1.165) is 33.3 Å². The summed E-state index contributed by atoms with van der Waals surface area (Å²) < 4.78 is 40.0. The zero-order chi connectivity index (χ0) is 18.7. The predicted octanol–water partition coefficient (Wildman–Crippen LogP) is 4.09. The van der Waals surface area contributed by atoms with Crippen LogP contribution in [0.3, 0.4) is 0 Å². The first kappa shape index (κ1) is 18.7. The molecule has 7 heteroatoms. The Bertz CT molecular complexity index is 995. The van der Waals surface area contributed by atoms with Crippen molar-refractivity contribution in [3.63, 3.8) is 0 Å². The molecule has 2 aromatic carbocycles. The van der Waals surface area contributed by atoms with Gasteiger partial charge in [0.25, 0.3) is 0 Å². The first-order valence-electron chi connectivity index (χ1n) is 8.14. The van der Waals surface area contributed by atoms with Crippen LogP contribution in [0.5, 0.6) is 0 Å². The summed E-state index contributed by atoms with van der Waals surface area (Å²) in [5.74, 6) is -0.465. The maximum Gasteiger partial charge on any atom is 0.240 e. The SMILES string of the molecule is Cc1ccc(-c2nc(C)c(CCNS(=O)(=O)c3ccc(F)cc3)s2)cc1. The molecule has 1 heterocycles. The second kappa shape index (κ2) is 7.65. The Balaban J connectivity index is 1.66. The van der Waals surface area contributed by atoms with Gasteiger partial charge in [-0.25, -0.2) is 22.5 Å². The predicted molar refractivity (Wildman–Crippen MR) is 102 cm³/mol. The summed E-state index contributed by atoms with van der Waals surface area (Å²) in [5.41, 5.74) is 3.16. The van der Waals surface area contributed by atoms with Crippen LogP contribution in [0.15, 0.2) is 53.4 Å². The van der Waals surface area contributed by atoms with Crippen molar-refractivity contribution >= 4 is 21.4 Å². The van der Waals surface area contributed by atoms with Gasteiger partial charge in [-0.15, -0.1) is 11.3 Å². The van der Waals surface area contributed by atoms with Gasteiger partial charge < -0.3 is 0 Å². The molecule has 0 unspecified atom stereocenters. The fourth-order valence-electron chi connectivity index (χ4n) is 2.48. The lowest BCUT2D eigenvalue weighted by Gasteiger charge is -2.06. The fourth-order valence-corrected chi connectivity index (χ4v) is 4.57. The second-order valence-electron chi connectivity index (χ2n) is 6.00. The lowest BCUT2D eigenvalue weighted by Crippen LogP contribution is -2.25. The number of hydrogen-bond donors (Lipinski definition) is 1. The number of rotatable bonds is 6. The molecule has 4 nitrogen and oxygen atoms in total. The maximum absolute atomic E-state index is 12.9. The van der Waals surface area contributed by atoms with E-state index in [1.165, 1.54) is 17.7 Å². The van der Waals surface area contributed by atoms with Gasteiger partial charge in [0.15, 0.2) is 0 Å². The van der Waals surface area contributed by atoms with Crippen molar-refractivity contribution in [2.24, 2.45) is 0 Å². The fraction of sp³-hybridized carbons (Fsp3) is 0.211. The van der Waals surface area contributed by atoms with Crippen molar-refractivity contribution in [2.45, 2.75) is 25.2 Å². The third-order valence-corrected chi connectivity index (χ3v) is 6.70. The van der Waals surface area contributed by atoms with Crippen LogP contribution < -0.4 is 4.72 Å². The minimum Gasteiger partial charge on any atom is -0.241 e. The molecule has 0 spiro atoms. The molecule has 0 bridgehead atoms. The lowest BCUT2D eigenvalue weighted by atomic mass is 10.2. The Kier molecular flexibility index (Phi) is 5.50. The number of aryl methyl sites for hydroxylation is 2. The average Bonchev–Trinajstić information content (AvgIpc) is 2.97.